The highest BCUT2D eigenvalue weighted by atomic mass is 16.4. The summed E-state index contributed by atoms with van der Waals surface area (Å²) < 4.78 is 0. The minimum absolute atomic E-state index is 0.0960. The number of carbonyl (C=O) groups excluding carboxylic acids is 1. The van der Waals surface area contributed by atoms with E-state index in [-0.39, 0.29) is 11.8 Å². The van der Waals surface area contributed by atoms with Gasteiger partial charge in [0.1, 0.15) is 6.04 Å². The number of carbonyl (C=O) groups is 2. The summed E-state index contributed by atoms with van der Waals surface area (Å²) in [6.45, 7) is 0. The molecule has 5 nitrogen and oxygen atoms in total. The van der Waals surface area contributed by atoms with E-state index in [2.05, 4.69) is 5.32 Å². The van der Waals surface area contributed by atoms with Gasteiger partial charge in [0.05, 0.1) is 5.41 Å². The fourth-order valence-electron chi connectivity index (χ4n) is 2.66. The van der Waals surface area contributed by atoms with E-state index in [1.54, 1.807) is 12.1 Å². The molecule has 0 saturated heterocycles. The predicted octanol–water partition coefficient (Wildman–Crippen LogP) is 1.28. The van der Waals surface area contributed by atoms with Crippen molar-refractivity contribution in [1.29, 1.82) is 0 Å². The number of anilines is 1. The Hall–Kier alpha value is -2.04. The van der Waals surface area contributed by atoms with Crippen LogP contribution in [0.5, 0.6) is 0 Å². The number of nitrogens with one attached hydrogen (secondary N) is 1. The molecule has 0 aliphatic heterocycles. The highest BCUT2D eigenvalue weighted by Gasteiger charge is 2.52. The molecule has 5 heteroatoms. The molecule has 0 aromatic heterocycles. The van der Waals surface area contributed by atoms with Gasteiger partial charge in [0.25, 0.3) is 0 Å². The van der Waals surface area contributed by atoms with Gasteiger partial charge in [-0.25, -0.2) is 4.79 Å². The summed E-state index contributed by atoms with van der Waals surface area (Å²) in [5.41, 5.74) is 6.69. The molecule has 2 saturated carbocycles. The van der Waals surface area contributed by atoms with Crippen LogP contribution in [-0.2, 0) is 15.0 Å². The van der Waals surface area contributed by atoms with Crippen molar-refractivity contribution in [2.75, 3.05) is 5.73 Å². The molecule has 2 fully saturated rings. The molecule has 1 unspecified atom stereocenters. The van der Waals surface area contributed by atoms with Crippen LogP contribution >= 0.6 is 0 Å². The molecule has 1 aromatic carbocycles. The normalized spacial score (nSPS) is 21.0. The third kappa shape index (κ3) is 2.24. The Morgan fingerprint density at radius 3 is 2.30 bits per heavy atom. The van der Waals surface area contributed by atoms with Gasteiger partial charge >= 0.3 is 5.97 Å². The zero-order chi connectivity index (χ0) is 14.3. The van der Waals surface area contributed by atoms with Gasteiger partial charge in [0.15, 0.2) is 0 Å². The Morgan fingerprint density at radius 1 is 1.25 bits per heavy atom. The second-order valence-corrected chi connectivity index (χ2v) is 5.83. The summed E-state index contributed by atoms with van der Waals surface area (Å²) in [6, 6.07) is 6.52. The number of rotatable bonds is 5. The summed E-state index contributed by atoms with van der Waals surface area (Å²) in [4.78, 5) is 23.7. The van der Waals surface area contributed by atoms with E-state index in [0.29, 0.717) is 5.69 Å². The average molecular weight is 274 g/mol. The maximum Gasteiger partial charge on any atom is 0.326 e. The van der Waals surface area contributed by atoms with Crippen LogP contribution in [0.3, 0.4) is 0 Å². The molecule has 3 rings (SSSR count). The van der Waals surface area contributed by atoms with Crippen molar-refractivity contribution >= 4 is 17.6 Å². The Labute approximate surface area is 117 Å². The summed E-state index contributed by atoms with van der Waals surface area (Å²) in [7, 11) is 0. The Bertz CT molecular complexity index is 545. The van der Waals surface area contributed by atoms with Gasteiger partial charge in [0.2, 0.25) is 5.91 Å². The molecular weight excluding hydrogens is 256 g/mol. The van der Waals surface area contributed by atoms with Crippen molar-refractivity contribution in [3.8, 4) is 0 Å². The van der Waals surface area contributed by atoms with Gasteiger partial charge in [-0.05, 0) is 49.3 Å². The van der Waals surface area contributed by atoms with Crippen LogP contribution in [-0.4, -0.2) is 23.0 Å². The summed E-state index contributed by atoms with van der Waals surface area (Å²) in [5.74, 6) is -1.01. The molecule has 4 N–H and O–H groups in total. The summed E-state index contributed by atoms with van der Waals surface area (Å²) >= 11 is 0. The highest BCUT2D eigenvalue weighted by Crippen LogP contribution is 2.49. The standard InChI is InChI=1S/C15H18N2O3/c16-11-5-3-10(4-6-11)15(7-8-15)14(20)17-12(13(18)19)9-1-2-9/h3-6,9,12H,1-2,7-8,16H2,(H,17,20)(H,18,19). The predicted molar refractivity (Wildman–Crippen MR) is 74.1 cm³/mol. The van der Waals surface area contributed by atoms with E-state index in [9.17, 15) is 14.7 Å². The fourth-order valence-corrected chi connectivity index (χ4v) is 2.66. The van der Waals surface area contributed by atoms with Crippen molar-refractivity contribution in [2.45, 2.75) is 37.1 Å². The van der Waals surface area contributed by atoms with Crippen LogP contribution in [0.2, 0.25) is 0 Å². The van der Waals surface area contributed by atoms with E-state index in [1.165, 1.54) is 0 Å². The van der Waals surface area contributed by atoms with Gasteiger partial charge in [0, 0.05) is 5.69 Å². The van der Waals surface area contributed by atoms with Crippen LogP contribution in [0.4, 0.5) is 5.69 Å². The molecule has 0 radical (unpaired) electrons. The molecule has 0 heterocycles. The van der Waals surface area contributed by atoms with Crippen molar-refractivity contribution in [3.63, 3.8) is 0 Å². The molecule has 0 bridgehead atoms. The third-order valence-corrected chi connectivity index (χ3v) is 4.29. The maximum absolute atomic E-state index is 12.5. The highest BCUT2D eigenvalue weighted by molar-refractivity contribution is 5.94. The van der Waals surface area contributed by atoms with E-state index in [1.807, 2.05) is 12.1 Å². The van der Waals surface area contributed by atoms with Crippen LogP contribution < -0.4 is 11.1 Å². The molecule has 20 heavy (non-hydrogen) atoms. The first-order valence-corrected chi connectivity index (χ1v) is 6.93. The van der Waals surface area contributed by atoms with Crippen LogP contribution in [0.25, 0.3) is 0 Å². The molecule has 2 aliphatic carbocycles. The van der Waals surface area contributed by atoms with Crippen molar-refractivity contribution < 1.29 is 14.7 Å². The maximum atomic E-state index is 12.5. The first-order chi connectivity index (χ1) is 9.53. The summed E-state index contributed by atoms with van der Waals surface area (Å²) in [5, 5.41) is 11.9. The number of nitrogen functional groups attached to an aromatic ring is 1. The van der Waals surface area contributed by atoms with E-state index in [4.69, 9.17) is 5.73 Å². The number of amides is 1. The smallest absolute Gasteiger partial charge is 0.326 e. The third-order valence-electron chi connectivity index (χ3n) is 4.29. The van der Waals surface area contributed by atoms with Gasteiger partial charge in [-0.3, -0.25) is 4.79 Å². The number of hydrogen-bond donors (Lipinski definition) is 3. The van der Waals surface area contributed by atoms with Crippen molar-refractivity contribution in [3.05, 3.63) is 29.8 Å². The van der Waals surface area contributed by atoms with E-state index < -0.39 is 17.4 Å². The summed E-state index contributed by atoms with van der Waals surface area (Å²) in [6.07, 6.45) is 3.29. The monoisotopic (exact) mass is 274 g/mol. The van der Waals surface area contributed by atoms with E-state index >= 15 is 0 Å². The minimum Gasteiger partial charge on any atom is -0.480 e. The molecule has 1 amide bonds. The van der Waals surface area contributed by atoms with Crippen molar-refractivity contribution in [2.24, 2.45) is 5.92 Å². The lowest BCUT2D eigenvalue weighted by atomic mass is 9.94. The van der Waals surface area contributed by atoms with Gasteiger partial charge < -0.3 is 16.2 Å². The van der Waals surface area contributed by atoms with Gasteiger partial charge in [-0.1, -0.05) is 12.1 Å². The van der Waals surface area contributed by atoms with Crippen LogP contribution in [0.15, 0.2) is 24.3 Å². The molecule has 2 aliphatic rings. The van der Waals surface area contributed by atoms with Crippen molar-refractivity contribution in [1.82, 2.24) is 5.32 Å². The number of benzene rings is 1. The van der Waals surface area contributed by atoms with Gasteiger partial charge in [-0.2, -0.15) is 0 Å². The number of carboxylic acid groups (broad SMARTS) is 1. The Morgan fingerprint density at radius 2 is 1.85 bits per heavy atom. The van der Waals surface area contributed by atoms with Gasteiger partial charge in [-0.15, -0.1) is 0 Å². The molecule has 106 valence electrons. The topological polar surface area (TPSA) is 92.4 Å². The molecular formula is C15H18N2O3. The number of aliphatic carboxylic acids is 1. The average Bonchev–Trinajstić information content (AvgIpc) is 3.27. The lowest BCUT2D eigenvalue weighted by Gasteiger charge is -2.20. The second kappa shape index (κ2) is 4.51. The quantitative estimate of drug-likeness (QED) is 0.705. The van der Waals surface area contributed by atoms with Crippen LogP contribution in [0.1, 0.15) is 31.2 Å². The first kappa shape index (κ1) is 13.0. The Kier molecular flexibility index (Phi) is 2.92. The molecule has 1 aromatic rings. The van der Waals surface area contributed by atoms with Crippen LogP contribution in [0, 0.1) is 5.92 Å². The van der Waals surface area contributed by atoms with E-state index in [0.717, 1.165) is 31.2 Å². The lowest BCUT2D eigenvalue weighted by Crippen LogP contribution is -2.46. The second-order valence-electron chi connectivity index (χ2n) is 5.83. The number of carboxylic acids is 1. The SMILES string of the molecule is Nc1ccc(C2(C(=O)NC(C(=O)O)C3CC3)CC2)cc1. The first-order valence-electron chi connectivity index (χ1n) is 6.93. The Balaban J connectivity index is 1.76. The molecule has 1 atom stereocenters. The number of hydrogen-bond acceptors (Lipinski definition) is 3. The minimum atomic E-state index is -0.936. The zero-order valence-electron chi connectivity index (χ0n) is 11.1. The largest absolute Gasteiger partial charge is 0.480 e. The molecule has 0 spiro atoms. The number of nitrogens with two attached hydrogens (primary N) is 1. The lowest BCUT2D eigenvalue weighted by molar-refractivity contribution is -0.142. The fraction of sp³-hybridized carbons (Fsp3) is 0.467. The zero-order valence-corrected chi connectivity index (χ0v) is 11.1.